The van der Waals surface area contributed by atoms with Crippen LogP contribution in [0.4, 0.5) is 0 Å². The number of nitrogens with one attached hydrogen (secondary N) is 1. The molecule has 0 bridgehead atoms. The van der Waals surface area contributed by atoms with Gasteiger partial charge in [0.15, 0.2) is 0 Å². The predicted molar refractivity (Wildman–Crippen MR) is 96.6 cm³/mol. The van der Waals surface area contributed by atoms with E-state index >= 15 is 0 Å². The Hall–Kier alpha value is -1.96. The number of Topliss-reactive ketones (excluding diaryl/α,β-unsaturated/α-hetero) is 2. The normalized spacial score (nSPS) is 10.4. The van der Waals surface area contributed by atoms with E-state index < -0.39 is 0 Å². The van der Waals surface area contributed by atoms with E-state index in [1.165, 1.54) is 13.8 Å². The average molecular weight is 370 g/mol. The van der Waals surface area contributed by atoms with Gasteiger partial charge in [0.05, 0.1) is 32.5 Å². The Bertz CT molecular complexity index is 456. The van der Waals surface area contributed by atoms with Gasteiger partial charge >= 0.3 is 0 Å². The Labute approximate surface area is 154 Å². The summed E-state index contributed by atoms with van der Waals surface area (Å²) in [6.45, 7) is 4.52. The molecule has 0 aromatic carbocycles. The van der Waals surface area contributed by atoms with Crippen molar-refractivity contribution in [3.63, 3.8) is 0 Å². The van der Waals surface area contributed by atoms with Crippen LogP contribution in [0.5, 0.6) is 0 Å². The van der Waals surface area contributed by atoms with Gasteiger partial charge in [0.1, 0.15) is 11.6 Å². The van der Waals surface area contributed by atoms with E-state index in [9.17, 15) is 14.4 Å². The molecule has 0 heterocycles. The summed E-state index contributed by atoms with van der Waals surface area (Å²) in [4.78, 5) is 36.5. The SMILES string of the molecule is CC(=O)CCOCC(COCCC(C)=O)NC(=O)CCCCCN=[N+]=[N-]. The number of hydrogen-bond acceptors (Lipinski definition) is 6. The fourth-order valence-electron chi connectivity index (χ4n) is 2.00. The highest BCUT2D eigenvalue weighted by molar-refractivity contribution is 5.76. The molecule has 1 N–H and O–H groups in total. The topological polar surface area (TPSA) is 130 Å². The monoisotopic (exact) mass is 370 g/mol. The Morgan fingerprint density at radius 2 is 1.54 bits per heavy atom. The lowest BCUT2D eigenvalue weighted by atomic mass is 10.2. The minimum absolute atomic E-state index is 0.0454. The first-order chi connectivity index (χ1) is 12.5. The first-order valence-electron chi connectivity index (χ1n) is 8.90. The van der Waals surface area contributed by atoms with E-state index in [0.717, 1.165) is 12.8 Å². The highest BCUT2D eigenvalue weighted by atomic mass is 16.5. The van der Waals surface area contributed by atoms with Crippen molar-refractivity contribution in [3.05, 3.63) is 10.4 Å². The highest BCUT2D eigenvalue weighted by Crippen LogP contribution is 2.01. The molecule has 26 heavy (non-hydrogen) atoms. The Kier molecular flexibility index (Phi) is 15.3. The number of ether oxygens (including phenoxy) is 2. The minimum atomic E-state index is -0.329. The van der Waals surface area contributed by atoms with Crippen LogP contribution in [0.15, 0.2) is 5.11 Å². The summed E-state index contributed by atoms with van der Waals surface area (Å²) in [5.74, 6) is -0.0165. The maximum absolute atomic E-state index is 12.0. The van der Waals surface area contributed by atoms with Gasteiger partial charge in [-0.2, -0.15) is 0 Å². The summed E-state index contributed by atoms with van der Waals surface area (Å²) >= 11 is 0. The van der Waals surface area contributed by atoms with Crippen LogP contribution in [0.3, 0.4) is 0 Å². The van der Waals surface area contributed by atoms with Crippen molar-refractivity contribution >= 4 is 17.5 Å². The number of carbonyl (C=O) groups is 3. The van der Waals surface area contributed by atoms with Crippen molar-refractivity contribution < 1.29 is 23.9 Å². The van der Waals surface area contributed by atoms with E-state index in [1.54, 1.807) is 0 Å². The second kappa shape index (κ2) is 16.5. The lowest BCUT2D eigenvalue weighted by Gasteiger charge is -2.19. The summed E-state index contributed by atoms with van der Waals surface area (Å²) in [7, 11) is 0. The summed E-state index contributed by atoms with van der Waals surface area (Å²) in [5.41, 5.74) is 8.18. The zero-order valence-electron chi connectivity index (χ0n) is 15.7. The number of rotatable bonds is 17. The van der Waals surface area contributed by atoms with Crippen molar-refractivity contribution in [1.29, 1.82) is 0 Å². The van der Waals surface area contributed by atoms with E-state index in [2.05, 4.69) is 15.3 Å². The number of carbonyl (C=O) groups excluding carboxylic acids is 3. The molecule has 0 aliphatic rings. The molecule has 0 aliphatic heterocycles. The van der Waals surface area contributed by atoms with Gasteiger partial charge in [-0.15, -0.1) is 0 Å². The van der Waals surface area contributed by atoms with Gasteiger partial charge in [0.25, 0.3) is 0 Å². The van der Waals surface area contributed by atoms with Crippen LogP contribution in [0.1, 0.15) is 52.4 Å². The second-order valence-electron chi connectivity index (χ2n) is 6.08. The van der Waals surface area contributed by atoms with E-state index in [-0.39, 0.29) is 36.7 Å². The zero-order valence-corrected chi connectivity index (χ0v) is 15.7. The predicted octanol–water partition coefficient (Wildman–Crippen LogP) is 2.33. The fourth-order valence-corrected chi connectivity index (χ4v) is 2.00. The van der Waals surface area contributed by atoms with Crippen molar-refractivity contribution in [2.75, 3.05) is 33.0 Å². The molecule has 0 atom stereocenters. The smallest absolute Gasteiger partial charge is 0.220 e. The van der Waals surface area contributed by atoms with E-state index in [4.69, 9.17) is 15.0 Å². The Morgan fingerprint density at radius 3 is 2.04 bits per heavy atom. The molecule has 9 heteroatoms. The standard InChI is InChI=1S/C17H30N4O5/c1-14(22)7-10-25-12-16(13-26-11-8-15(2)23)20-17(24)6-4-3-5-9-19-21-18/h16H,3-13H2,1-2H3,(H,20,24). The van der Waals surface area contributed by atoms with Crippen LogP contribution in [-0.2, 0) is 23.9 Å². The van der Waals surface area contributed by atoms with Gasteiger partial charge in [-0.25, -0.2) is 0 Å². The van der Waals surface area contributed by atoms with Crippen LogP contribution < -0.4 is 5.32 Å². The molecule has 0 saturated heterocycles. The number of unbranched alkanes of at least 4 members (excludes halogenated alkanes) is 2. The quantitative estimate of drug-likeness (QED) is 0.182. The molecule has 0 rings (SSSR count). The molecule has 1 amide bonds. The first kappa shape index (κ1) is 24.0. The van der Waals surface area contributed by atoms with Crippen LogP contribution in [-0.4, -0.2) is 56.5 Å². The maximum atomic E-state index is 12.0. The first-order valence-corrected chi connectivity index (χ1v) is 8.90. The third-order valence-electron chi connectivity index (χ3n) is 3.43. The summed E-state index contributed by atoms with van der Waals surface area (Å²) < 4.78 is 10.9. The largest absolute Gasteiger partial charge is 0.379 e. The third-order valence-corrected chi connectivity index (χ3v) is 3.43. The van der Waals surface area contributed by atoms with Gasteiger partial charge < -0.3 is 14.8 Å². The van der Waals surface area contributed by atoms with Gasteiger partial charge in [0, 0.05) is 30.7 Å². The molecule has 0 fully saturated rings. The summed E-state index contributed by atoms with van der Waals surface area (Å²) in [5, 5.41) is 6.30. The van der Waals surface area contributed by atoms with Gasteiger partial charge in [-0.1, -0.05) is 11.5 Å². The van der Waals surface area contributed by atoms with Gasteiger partial charge in [0.2, 0.25) is 5.91 Å². The molecule has 0 unspecified atom stereocenters. The molecule has 0 aromatic rings. The number of hydrogen-bond donors (Lipinski definition) is 1. The number of nitrogens with zero attached hydrogens (tertiary/aromatic N) is 3. The third kappa shape index (κ3) is 16.9. The summed E-state index contributed by atoms with van der Waals surface area (Å²) in [6.07, 6.45) is 3.29. The molecular weight excluding hydrogens is 340 g/mol. The van der Waals surface area contributed by atoms with Gasteiger partial charge in [-0.05, 0) is 32.2 Å². The average Bonchev–Trinajstić information content (AvgIpc) is 2.57. The van der Waals surface area contributed by atoms with Crippen molar-refractivity contribution in [1.82, 2.24) is 5.32 Å². The molecule has 0 saturated carbocycles. The van der Waals surface area contributed by atoms with Crippen molar-refractivity contribution in [2.24, 2.45) is 5.11 Å². The molecule has 0 spiro atoms. The lowest BCUT2D eigenvalue weighted by molar-refractivity contribution is -0.124. The number of amides is 1. The minimum Gasteiger partial charge on any atom is -0.379 e. The van der Waals surface area contributed by atoms with Crippen LogP contribution in [0.2, 0.25) is 0 Å². The van der Waals surface area contributed by atoms with E-state index in [0.29, 0.717) is 45.4 Å². The highest BCUT2D eigenvalue weighted by Gasteiger charge is 2.13. The van der Waals surface area contributed by atoms with Crippen LogP contribution in [0, 0.1) is 0 Å². The fraction of sp³-hybridized carbons (Fsp3) is 0.824. The Morgan fingerprint density at radius 1 is 0.962 bits per heavy atom. The molecule has 0 aliphatic carbocycles. The maximum Gasteiger partial charge on any atom is 0.220 e. The zero-order chi connectivity index (χ0) is 19.6. The van der Waals surface area contributed by atoms with E-state index in [1.807, 2.05) is 0 Å². The molecular formula is C17H30N4O5. The lowest BCUT2D eigenvalue weighted by Crippen LogP contribution is -2.41. The molecule has 9 nitrogen and oxygen atoms in total. The summed E-state index contributed by atoms with van der Waals surface area (Å²) in [6, 6.07) is -0.329. The number of azide groups is 1. The molecule has 0 aromatic heterocycles. The van der Waals surface area contributed by atoms with Crippen molar-refractivity contribution in [2.45, 2.75) is 58.4 Å². The Balaban J connectivity index is 4.12. The number of ketones is 2. The molecule has 148 valence electrons. The van der Waals surface area contributed by atoms with Gasteiger partial charge in [-0.3, -0.25) is 14.4 Å². The molecule has 0 radical (unpaired) electrons. The second-order valence-corrected chi connectivity index (χ2v) is 6.08. The van der Waals surface area contributed by atoms with Crippen LogP contribution >= 0.6 is 0 Å². The van der Waals surface area contributed by atoms with Crippen LogP contribution in [0.25, 0.3) is 10.4 Å². The van der Waals surface area contributed by atoms with Crippen molar-refractivity contribution in [3.8, 4) is 0 Å².